The molecule has 0 aliphatic rings. The number of rotatable bonds is 7. The molecule has 0 atom stereocenters. The highest BCUT2D eigenvalue weighted by Crippen LogP contribution is 2.19. The van der Waals surface area contributed by atoms with Crippen LogP contribution in [-0.2, 0) is 4.79 Å². The van der Waals surface area contributed by atoms with Crippen LogP contribution in [0.25, 0.3) is 0 Å². The first-order chi connectivity index (χ1) is 14.5. The summed E-state index contributed by atoms with van der Waals surface area (Å²) in [6, 6.07) is 21.2. The number of halogens is 1. The van der Waals surface area contributed by atoms with Crippen molar-refractivity contribution in [1.29, 1.82) is 0 Å². The number of carbonyl (C=O) groups excluding carboxylic acids is 2. The van der Waals surface area contributed by atoms with Crippen LogP contribution >= 0.6 is 11.6 Å². The minimum Gasteiger partial charge on any atom is -0.423 e. The first-order valence-corrected chi connectivity index (χ1v) is 9.58. The number of hydrogen-bond donors (Lipinski definition) is 2. The predicted molar refractivity (Wildman–Crippen MR) is 118 cm³/mol. The third kappa shape index (κ3) is 6.18. The SMILES string of the molecule is Cc1ccc(NCC(=O)N/N=C\c2cccc(OC(=O)c3ccccc3Cl)c2)cc1. The maximum Gasteiger partial charge on any atom is 0.345 e. The topological polar surface area (TPSA) is 79.8 Å². The third-order valence-corrected chi connectivity index (χ3v) is 4.40. The molecular weight excluding hydrogens is 402 g/mol. The van der Waals surface area contributed by atoms with Crippen molar-refractivity contribution in [1.82, 2.24) is 5.43 Å². The Bertz CT molecular complexity index is 1070. The van der Waals surface area contributed by atoms with E-state index in [1.807, 2.05) is 31.2 Å². The Morgan fingerprint density at radius 2 is 1.80 bits per heavy atom. The molecule has 0 fully saturated rings. The zero-order chi connectivity index (χ0) is 21.3. The summed E-state index contributed by atoms with van der Waals surface area (Å²) in [7, 11) is 0. The highest BCUT2D eigenvalue weighted by molar-refractivity contribution is 6.33. The summed E-state index contributed by atoms with van der Waals surface area (Å²) < 4.78 is 5.36. The van der Waals surface area contributed by atoms with E-state index in [9.17, 15) is 9.59 Å². The largest absolute Gasteiger partial charge is 0.423 e. The van der Waals surface area contributed by atoms with Crippen LogP contribution < -0.4 is 15.5 Å². The molecule has 3 aromatic rings. The summed E-state index contributed by atoms with van der Waals surface area (Å²) in [5.41, 5.74) is 5.39. The minimum absolute atomic E-state index is 0.0931. The lowest BCUT2D eigenvalue weighted by Gasteiger charge is -2.06. The molecule has 30 heavy (non-hydrogen) atoms. The van der Waals surface area contributed by atoms with Gasteiger partial charge in [0.15, 0.2) is 0 Å². The second-order valence-corrected chi connectivity index (χ2v) is 6.86. The van der Waals surface area contributed by atoms with Crippen molar-refractivity contribution in [3.05, 3.63) is 94.5 Å². The van der Waals surface area contributed by atoms with Crippen LogP contribution in [0.3, 0.4) is 0 Å². The Hall–Kier alpha value is -3.64. The summed E-state index contributed by atoms with van der Waals surface area (Å²) in [6.45, 7) is 2.09. The van der Waals surface area contributed by atoms with Gasteiger partial charge in [0.1, 0.15) is 5.75 Å². The molecule has 0 heterocycles. The van der Waals surface area contributed by atoms with Crippen LogP contribution in [0, 0.1) is 6.92 Å². The smallest absolute Gasteiger partial charge is 0.345 e. The lowest BCUT2D eigenvalue weighted by Crippen LogP contribution is -2.25. The molecule has 0 spiro atoms. The van der Waals surface area contributed by atoms with Crippen LogP contribution in [0.15, 0.2) is 77.9 Å². The first kappa shape index (κ1) is 21.1. The number of carbonyl (C=O) groups is 2. The number of aryl methyl sites for hydroxylation is 1. The van der Waals surface area contributed by atoms with Crippen molar-refractivity contribution in [2.24, 2.45) is 5.10 Å². The fourth-order valence-electron chi connectivity index (χ4n) is 2.52. The van der Waals surface area contributed by atoms with Crippen LogP contribution in [0.2, 0.25) is 5.02 Å². The fraction of sp³-hybridized carbons (Fsp3) is 0.0870. The van der Waals surface area contributed by atoms with Gasteiger partial charge in [-0.3, -0.25) is 4.79 Å². The zero-order valence-electron chi connectivity index (χ0n) is 16.3. The van der Waals surface area contributed by atoms with Gasteiger partial charge in [-0.1, -0.05) is 53.6 Å². The number of nitrogens with zero attached hydrogens (tertiary/aromatic N) is 1. The summed E-state index contributed by atoms with van der Waals surface area (Å²) in [6.07, 6.45) is 1.47. The van der Waals surface area contributed by atoms with Crippen molar-refractivity contribution in [3.8, 4) is 5.75 Å². The molecule has 3 rings (SSSR count). The van der Waals surface area contributed by atoms with Gasteiger partial charge in [-0.25, -0.2) is 10.2 Å². The van der Waals surface area contributed by atoms with E-state index >= 15 is 0 Å². The summed E-state index contributed by atoms with van der Waals surface area (Å²) in [5, 5.41) is 7.27. The molecule has 2 N–H and O–H groups in total. The van der Waals surface area contributed by atoms with Gasteiger partial charge in [0.05, 0.1) is 23.3 Å². The van der Waals surface area contributed by atoms with Gasteiger partial charge in [-0.15, -0.1) is 0 Å². The van der Waals surface area contributed by atoms with Gasteiger partial charge in [-0.2, -0.15) is 5.10 Å². The molecule has 0 saturated carbocycles. The number of benzene rings is 3. The molecule has 0 saturated heterocycles. The number of hydrogen-bond acceptors (Lipinski definition) is 5. The maximum absolute atomic E-state index is 12.3. The fourth-order valence-corrected chi connectivity index (χ4v) is 2.73. The molecule has 0 aliphatic heterocycles. The Balaban J connectivity index is 1.52. The monoisotopic (exact) mass is 421 g/mol. The second kappa shape index (κ2) is 10.2. The summed E-state index contributed by atoms with van der Waals surface area (Å²) in [5.74, 6) is -0.491. The summed E-state index contributed by atoms with van der Waals surface area (Å²) in [4.78, 5) is 24.2. The molecule has 0 aromatic heterocycles. The first-order valence-electron chi connectivity index (χ1n) is 9.20. The molecule has 7 heteroatoms. The normalized spacial score (nSPS) is 10.6. The lowest BCUT2D eigenvalue weighted by atomic mass is 10.2. The molecule has 1 amide bonds. The van der Waals surface area contributed by atoms with Crippen LogP contribution in [0.4, 0.5) is 5.69 Å². The van der Waals surface area contributed by atoms with Gasteiger partial charge in [0.25, 0.3) is 5.91 Å². The maximum atomic E-state index is 12.3. The van der Waals surface area contributed by atoms with Crippen molar-refractivity contribution < 1.29 is 14.3 Å². The van der Waals surface area contributed by atoms with Crippen LogP contribution in [0.5, 0.6) is 5.75 Å². The van der Waals surface area contributed by atoms with Crippen molar-refractivity contribution in [3.63, 3.8) is 0 Å². The molecule has 0 unspecified atom stereocenters. The standard InChI is InChI=1S/C23H20ClN3O3/c1-16-9-11-18(12-10-16)25-15-22(28)27-26-14-17-5-4-6-19(13-17)30-23(29)20-7-2-3-8-21(20)24/h2-14,25H,15H2,1H3,(H,27,28)/b26-14-. The number of ether oxygens (including phenoxy) is 1. The van der Waals surface area contributed by atoms with E-state index in [1.54, 1.807) is 48.5 Å². The number of amides is 1. The van der Waals surface area contributed by atoms with Crippen LogP contribution in [-0.4, -0.2) is 24.6 Å². The van der Waals surface area contributed by atoms with Gasteiger partial charge < -0.3 is 10.1 Å². The number of esters is 1. The molecule has 6 nitrogen and oxygen atoms in total. The summed E-state index contributed by atoms with van der Waals surface area (Å²) >= 11 is 6.02. The Morgan fingerprint density at radius 1 is 1.03 bits per heavy atom. The highest BCUT2D eigenvalue weighted by atomic mass is 35.5. The van der Waals surface area contributed by atoms with Crippen molar-refractivity contribution in [2.45, 2.75) is 6.92 Å². The Labute approximate surface area is 179 Å². The molecule has 152 valence electrons. The van der Waals surface area contributed by atoms with E-state index < -0.39 is 5.97 Å². The van der Waals surface area contributed by atoms with E-state index in [4.69, 9.17) is 16.3 Å². The van der Waals surface area contributed by atoms with Crippen molar-refractivity contribution >= 4 is 35.4 Å². The van der Waals surface area contributed by atoms with Crippen LogP contribution in [0.1, 0.15) is 21.5 Å². The van der Waals surface area contributed by atoms with E-state index in [2.05, 4.69) is 15.8 Å². The van der Waals surface area contributed by atoms with Gasteiger partial charge in [0, 0.05) is 5.69 Å². The minimum atomic E-state index is -0.551. The molecular formula is C23H20ClN3O3. The Morgan fingerprint density at radius 3 is 2.57 bits per heavy atom. The van der Waals surface area contributed by atoms with Gasteiger partial charge >= 0.3 is 5.97 Å². The quantitative estimate of drug-likeness (QED) is 0.256. The Kier molecular flexibility index (Phi) is 7.19. The van der Waals surface area contributed by atoms with E-state index in [0.29, 0.717) is 16.3 Å². The molecule has 0 aliphatic carbocycles. The second-order valence-electron chi connectivity index (χ2n) is 6.45. The number of nitrogens with one attached hydrogen (secondary N) is 2. The average molecular weight is 422 g/mol. The molecule has 3 aromatic carbocycles. The van der Waals surface area contributed by atoms with E-state index in [-0.39, 0.29) is 18.0 Å². The average Bonchev–Trinajstić information content (AvgIpc) is 2.74. The zero-order valence-corrected chi connectivity index (χ0v) is 17.0. The highest BCUT2D eigenvalue weighted by Gasteiger charge is 2.12. The third-order valence-electron chi connectivity index (χ3n) is 4.07. The number of hydrazone groups is 1. The van der Waals surface area contributed by atoms with Gasteiger partial charge in [-0.05, 0) is 48.9 Å². The van der Waals surface area contributed by atoms with E-state index in [0.717, 1.165) is 11.3 Å². The van der Waals surface area contributed by atoms with Crippen molar-refractivity contribution in [2.75, 3.05) is 11.9 Å². The van der Waals surface area contributed by atoms with Gasteiger partial charge in [0.2, 0.25) is 0 Å². The lowest BCUT2D eigenvalue weighted by molar-refractivity contribution is -0.119. The number of anilines is 1. The van der Waals surface area contributed by atoms with E-state index in [1.165, 1.54) is 6.21 Å². The molecule has 0 radical (unpaired) electrons. The molecule has 0 bridgehead atoms. The predicted octanol–water partition coefficient (Wildman–Crippen LogP) is 4.43.